The molecule has 0 aliphatic carbocycles. The van der Waals surface area contributed by atoms with Crippen molar-refractivity contribution in [3.8, 4) is 5.75 Å². The number of amides is 2. The first-order valence-electron chi connectivity index (χ1n) is 9.54. The predicted molar refractivity (Wildman–Crippen MR) is 116 cm³/mol. The monoisotopic (exact) mass is 401 g/mol. The molecule has 0 saturated heterocycles. The summed E-state index contributed by atoms with van der Waals surface area (Å²) >= 11 is 0. The molecule has 152 valence electrons. The van der Waals surface area contributed by atoms with Crippen molar-refractivity contribution in [3.05, 3.63) is 101 Å². The van der Waals surface area contributed by atoms with Crippen LogP contribution in [0.2, 0.25) is 0 Å². The molecule has 0 bridgehead atoms. The second kappa shape index (κ2) is 10.6. The van der Waals surface area contributed by atoms with Gasteiger partial charge in [0.25, 0.3) is 11.8 Å². The molecule has 0 unspecified atom stereocenters. The molecule has 0 aliphatic rings. The first kappa shape index (κ1) is 20.8. The number of nitrogens with zero attached hydrogens (tertiary/aromatic N) is 1. The smallest absolute Gasteiger partial charge is 0.259 e. The van der Waals surface area contributed by atoms with Gasteiger partial charge in [0.1, 0.15) is 12.4 Å². The van der Waals surface area contributed by atoms with E-state index in [2.05, 4.69) is 15.8 Å². The van der Waals surface area contributed by atoms with Crippen molar-refractivity contribution in [1.29, 1.82) is 0 Å². The maximum atomic E-state index is 12.0. The normalized spacial score (nSPS) is 10.6. The Bertz CT molecular complexity index is 1020. The van der Waals surface area contributed by atoms with Gasteiger partial charge in [0.2, 0.25) is 0 Å². The van der Waals surface area contributed by atoms with Gasteiger partial charge in [0.05, 0.1) is 12.8 Å². The number of hydrazone groups is 1. The van der Waals surface area contributed by atoms with Gasteiger partial charge in [-0.2, -0.15) is 5.10 Å². The fourth-order valence-electron chi connectivity index (χ4n) is 2.66. The minimum atomic E-state index is -0.407. The first-order chi connectivity index (χ1) is 14.6. The van der Waals surface area contributed by atoms with Crippen LogP contribution in [0.15, 0.2) is 84.0 Å². The fourth-order valence-corrected chi connectivity index (χ4v) is 2.66. The summed E-state index contributed by atoms with van der Waals surface area (Å²) in [7, 11) is 0. The van der Waals surface area contributed by atoms with E-state index < -0.39 is 5.91 Å². The van der Waals surface area contributed by atoms with Crippen LogP contribution in [-0.4, -0.2) is 24.6 Å². The molecule has 6 heteroatoms. The zero-order valence-electron chi connectivity index (χ0n) is 16.7. The van der Waals surface area contributed by atoms with Crippen molar-refractivity contribution < 1.29 is 14.3 Å². The lowest BCUT2D eigenvalue weighted by molar-refractivity contribution is -0.120. The van der Waals surface area contributed by atoms with E-state index in [1.54, 1.807) is 18.2 Å². The Labute approximate surface area is 175 Å². The molecule has 3 aromatic carbocycles. The zero-order valence-corrected chi connectivity index (χ0v) is 16.7. The number of benzene rings is 3. The Balaban J connectivity index is 1.41. The van der Waals surface area contributed by atoms with Gasteiger partial charge in [-0.15, -0.1) is 0 Å². The number of rotatable bonds is 8. The molecule has 0 radical (unpaired) electrons. The van der Waals surface area contributed by atoms with Crippen LogP contribution in [-0.2, 0) is 11.4 Å². The minimum Gasteiger partial charge on any atom is -0.489 e. The topological polar surface area (TPSA) is 79.8 Å². The van der Waals surface area contributed by atoms with Gasteiger partial charge in [-0.05, 0) is 54.4 Å². The maximum absolute atomic E-state index is 12.0. The molecule has 0 fully saturated rings. The predicted octanol–water partition coefficient (Wildman–Crippen LogP) is 3.45. The van der Waals surface area contributed by atoms with E-state index >= 15 is 0 Å². The molecule has 3 rings (SSSR count). The van der Waals surface area contributed by atoms with Crippen LogP contribution in [0.25, 0.3) is 0 Å². The number of aryl methyl sites for hydroxylation is 1. The Morgan fingerprint density at radius 2 is 1.73 bits per heavy atom. The lowest BCUT2D eigenvalue weighted by Crippen LogP contribution is -2.34. The van der Waals surface area contributed by atoms with Crippen molar-refractivity contribution in [2.24, 2.45) is 5.10 Å². The SMILES string of the molecule is Cc1cccc(C(=O)NCC(=O)NN=Cc2ccc(OCc3ccccc3)cc2)c1. The number of hydrogen-bond donors (Lipinski definition) is 2. The van der Waals surface area contributed by atoms with Crippen LogP contribution < -0.4 is 15.5 Å². The van der Waals surface area contributed by atoms with E-state index in [0.717, 1.165) is 22.4 Å². The highest BCUT2D eigenvalue weighted by Gasteiger charge is 2.07. The van der Waals surface area contributed by atoms with E-state index in [1.807, 2.05) is 67.6 Å². The number of hydrogen-bond acceptors (Lipinski definition) is 4. The Kier molecular flexibility index (Phi) is 7.33. The first-order valence-corrected chi connectivity index (χ1v) is 9.54. The summed E-state index contributed by atoms with van der Waals surface area (Å²) in [5, 5.41) is 6.48. The van der Waals surface area contributed by atoms with Gasteiger partial charge in [0, 0.05) is 5.56 Å². The van der Waals surface area contributed by atoms with Gasteiger partial charge in [0.15, 0.2) is 0 Å². The van der Waals surface area contributed by atoms with Gasteiger partial charge in [-0.3, -0.25) is 9.59 Å². The number of carbonyl (C=O) groups excluding carboxylic acids is 2. The summed E-state index contributed by atoms with van der Waals surface area (Å²) in [6, 6.07) is 24.5. The molecule has 6 nitrogen and oxygen atoms in total. The molecule has 0 saturated carbocycles. The second-order valence-electron chi connectivity index (χ2n) is 6.69. The number of ether oxygens (including phenoxy) is 1. The van der Waals surface area contributed by atoms with Gasteiger partial charge in [-0.25, -0.2) is 5.43 Å². The standard InChI is InChI=1S/C24H23N3O3/c1-18-6-5-9-21(14-18)24(29)25-16-23(28)27-26-15-19-10-12-22(13-11-19)30-17-20-7-3-2-4-8-20/h2-15H,16-17H2,1H3,(H,25,29)(H,27,28). The van der Waals surface area contributed by atoms with E-state index in [9.17, 15) is 9.59 Å². The van der Waals surface area contributed by atoms with E-state index in [4.69, 9.17) is 4.74 Å². The molecule has 3 aromatic rings. The third-order valence-corrected chi connectivity index (χ3v) is 4.22. The molecule has 0 atom stereocenters. The molecule has 2 amide bonds. The van der Waals surface area contributed by atoms with E-state index in [0.29, 0.717) is 12.2 Å². The van der Waals surface area contributed by atoms with Crippen LogP contribution in [0, 0.1) is 6.92 Å². The quantitative estimate of drug-likeness (QED) is 0.448. The molecule has 0 spiro atoms. The molecule has 0 aliphatic heterocycles. The van der Waals surface area contributed by atoms with Gasteiger partial charge < -0.3 is 10.1 Å². The van der Waals surface area contributed by atoms with Crippen LogP contribution in [0.3, 0.4) is 0 Å². The highest BCUT2D eigenvalue weighted by Crippen LogP contribution is 2.13. The Hall–Kier alpha value is -3.93. The van der Waals surface area contributed by atoms with Crippen molar-refractivity contribution in [3.63, 3.8) is 0 Å². The largest absolute Gasteiger partial charge is 0.489 e. The van der Waals surface area contributed by atoms with Crippen molar-refractivity contribution >= 4 is 18.0 Å². The molecular formula is C24H23N3O3. The highest BCUT2D eigenvalue weighted by molar-refractivity contribution is 5.96. The summed E-state index contributed by atoms with van der Waals surface area (Å²) in [4.78, 5) is 23.9. The average Bonchev–Trinajstić information content (AvgIpc) is 2.77. The molecule has 0 heterocycles. The van der Waals surface area contributed by atoms with Crippen LogP contribution in [0.5, 0.6) is 5.75 Å². The average molecular weight is 401 g/mol. The summed E-state index contributed by atoms with van der Waals surface area (Å²) in [5.41, 5.74) is 5.80. The Morgan fingerprint density at radius 1 is 0.967 bits per heavy atom. The molecule has 0 aromatic heterocycles. The van der Waals surface area contributed by atoms with Crippen LogP contribution in [0.1, 0.15) is 27.0 Å². The molecule has 2 N–H and O–H groups in total. The van der Waals surface area contributed by atoms with Crippen LogP contribution >= 0.6 is 0 Å². The molecule has 30 heavy (non-hydrogen) atoms. The summed E-state index contributed by atoms with van der Waals surface area (Å²) < 4.78 is 5.73. The van der Waals surface area contributed by atoms with Gasteiger partial charge >= 0.3 is 0 Å². The van der Waals surface area contributed by atoms with Crippen molar-refractivity contribution in [2.45, 2.75) is 13.5 Å². The summed E-state index contributed by atoms with van der Waals surface area (Å²) in [5.74, 6) is 0.0397. The number of carbonyl (C=O) groups is 2. The summed E-state index contributed by atoms with van der Waals surface area (Å²) in [6.45, 7) is 2.25. The minimum absolute atomic E-state index is 0.156. The van der Waals surface area contributed by atoms with E-state index in [-0.39, 0.29) is 12.5 Å². The second-order valence-corrected chi connectivity index (χ2v) is 6.69. The third-order valence-electron chi connectivity index (χ3n) is 4.22. The maximum Gasteiger partial charge on any atom is 0.259 e. The third kappa shape index (κ3) is 6.60. The van der Waals surface area contributed by atoms with Crippen molar-refractivity contribution in [2.75, 3.05) is 6.54 Å². The number of nitrogens with one attached hydrogen (secondary N) is 2. The zero-order chi connectivity index (χ0) is 21.2. The van der Waals surface area contributed by atoms with Gasteiger partial charge in [-0.1, -0.05) is 48.0 Å². The Morgan fingerprint density at radius 3 is 2.47 bits per heavy atom. The lowest BCUT2D eigenvalue weighted by atomic mass is 10.1. The molecular weight excluding hydrogens is 378 g/mol. The highest BCUT2D eigenvalue weighted by atomic mass is 16.5. The van der Waals surface area contributed by atoms with Crippen molar-refractivity contribution in [1.82, 2.24) is 10.7 Å². The fraction of sp³-hybridized carbons (Fsp3) is 0.125. The van der Waals surface area contributed by atoms with E-state index in [1.165, 1.54) is 6.21 Å². The summed E-state index contributed by atoms with van der Waals surface area (Å²) in [6.07, 6.45) is 1.53. The van der Waals surface area contributed by atoms with Crippen LogP contribution in [0.4, 0.5) is 0 Å². The lowest BCUT2D eigenvalue weighted by Gasteiger charge is -2.06.